The Hall–Kier alpha value is -3.61. The SMILES string of the molecule is C[C@H](C(=O)NC(=O)Nc1ccc2c(c1)OCCO2)N1CCN(Cc2ccc(C#N)cc2)CC1. The number of imide groups is 1. The van der Waals surface area contributed by atoms with Gasteiger partial charge >= 0.3 is 6.03 Å². The van der Waals surface area contributed by atoms with E-state index in [1.165, 1.54) is 0 Å². The van der Waals surface area contributed by atoms with Crippen LogP contribution in [0.15, 0.2) is 42.5 Å². The lowest BCUT2D eigenvalue weighted by molar-refractivity contribution is -0.125. The summed E-state index contributed by atoms with van der Waals surface area (Å²) in [5, 5.41) is 14.0. The summed E-state index contributed by atoms with van der Waals surface area (Å²) < 4.78 is 11.0. The number of carbonyl (C=O) groups is 2. The molecule has 0 radical (unpaired) electrons. The van der Waals surface area contributed by atoms with E-state index in [0.29, 0.717) is 36.0 Å². The first-order valence-corrected chi connectivity index (χ1v) is 11.0. The number of urea groups is 1. The number of hydrogen-bond acceptors (Lipinski definition) is 7. The number of fused-ring (bicyclic) bond motifs is 1. The van der Waals surface area contributed by atoms with E-state index in [9.17, 15) is 9.59 Å². The highest BCUT2D eigenvalue weighted by atomic mass is 16.6. The second-order valence-corrected chi connectivity index (χ2v) is 8.10. The minimum absolute atomic E-state index is 0.342. The molecule has 172 valence electrons. The van der Waals surface area contributed by atoms with Crippen LogP contribution in [0.25, 0.3) is 0 Å². The highest BCUT2D eigenvalue weighted by Crippen LogP contribution is 2.32. The summed E-state index contributed by atoms with van der Waals surface area (Å²) >= 11 is 0. The van der Waals surface area contributed by atoms with Gasteiger partial charge in [-0.25, -0.2) is 4.79 Å². The Bertz CT molecular complexity index is 1040. The molecule has 0 bridgehead atoms. The zero-order chi connectivity index (χ0) is 23.2. The van der Waals surface area contributed by atoms with Crippen molar-refractivity contribution in [2.45, 2.75) is 19.5 Å². The van der Waals surface area contributed by atoms with Crippen molar-refractivity contribution in [2.75, 3.05) is 44.7 Å². The lowest BCUT2D eigenvalue weighted by atomic mass is 10.1. The van der Waals surface area contributed by atoms with Crippen molar-refractivity contribution in [3.8, 4) is 17.6 Å². The first kappa shape index (κ1) is 22.6. The topological polar surface area (TPSA) is 107 Å². The number of carbonyl (C=O) groups excluding carboxylic acids is 2. The molecule has 0 unspecified atom stereocenters. The van der Waals surface area contributed by atoms with E-state index in [4.69, 9.17) is 14.7 Å². The Morgan fingerprint density at radius 1 is 1.03 bits per heavy atom. The maximum Gasteiger partial charge on any atom is 0.325 e. The zero-order valence-corrected chi connectivity index (χ0v) is 18.5. The van der Waals surface area contributed by atoms with E-state index in [1.807, 2.05) is 31.2 Å². The molecule has 2 aromatic carbocycles. The highest BCUT2D eigenvalue weighted by Gasteiger charge is 2.26. The molecule has 0 spiro atoms. The molecular weight excluding hydrogens is 422 g/mol. The number of nitrogens with zero attached hydrogens (tertiary/aromatic N) is 3. The van der Waals surface area contributed by atoms with Gasteiger partial charge in [-0.2, -0.15) is 5.26 Å². The van der Waals surface area contributed by atoms with E-state index >= 15 is 0 Å². The van der Waals surface area contributed by atoms with Gasteiger partial charge in [0, 0.05) is 44.5 Å². The summed E-state index contributed by atoms with van der Waals surface area (Å²) in [6.45, 7) is 6.67. The number of anilines is 1. The quantitative estimate of drug-likeness (QED) is 0.721. The standard InChI is InChI=1S/C24H27N5O4/c1-17(29-10-8-28(9-11-29)16-19-4-2-18(15-25)3-5-19)23(30)27-24(31)26-20-6-7-21-22(14-20)33-13-12-32-21/h2-7,14,17H,8-13,16H2,1H3,(H2,26,27,30,31)/t17-/m1/s1. The molecule has 0 saturated carbocycles. The van der Waals surface area contributed by atoms with Crippen LogP contribution in [0.4, 0.5) is 10.5 Å². The second-order valence-electron chi connectivity index (χ2n) is 8.10. The summed E-state index contributed by atoms with van der Waals surface area (Å²) in [7, 11) is 0. The highest BCUT2D eigenvalue weighted by molar-refractivity contribution is 6.02. The van der Waals surface area contributed by atoms with Crippen molar-refractivity contribution < 1.29 is 19.1 Å². The minimum Gasteiger partial charge on any atom is -0.486 e. The molecule has 2 N–H and O–H groups in total. The summed E-state index contributed by atoms with van der Waals surface area (Å²) in [5.41, 5.74) is 2.33. The first-order valence-electron chi connectivity index (χ1n) is 11.0. The van der Waals surface area contributed by atoms with E-state index in [0.717, 1.165) is 38.3 Å². The number of nitriles is 1. The molecule has 4 rings (SSSR count). The molecule has 0 aliphatic carbocycles. The number of amides is 3. The lowest BCUT2D eigenvalue weighted by Crippen LogP contribution is -2.54. The third kappa shape index (κ3) is 5.80. The van der Waals surface area contributed by atoms with Crippen LogP contribution in [0, 0.1) is 11.3 Å². The smallest absolute Gasteiger partial charge is 0.325 e. The number of hydrogen-bond donors (Lipinski definition) is 2. The average molecular weight is 450 g/mol. The molecular formula is C24H27N5O4. The van der Waals surface area contributed by atoms with E-state index in [1.54, 1.807) is 18.2 Å². The molecule has 9 heteroatoms. The first-order chi connectivity index (χ1) is 16.0. The average Bonchev–Trinajstić information content (AvgIpc) is 2.84. The van der Waals surface area contributed by atoms with Gasteiger partial charge in [-0.1, -0.05) is 12.1 Å². The fraction of sp³-hybridized carbons (Fsp3) is 0.375. The van der Waals surface area contributed by atoms with Gasteiger partial charge < -0.3 is 14.8 Å². The van der Waals surface area contributed by atoms with Crippen LogP contribution in [0.1, 0.15) is 18.1 Å². The van der Waals surface area contributed by atoms with Gasteiger partial charge in [0.05, 0.1) is 17.7 Å². The van der Waals surface area contributed by atoms with E-state index < -0.39 is 12.1 Å². The van der Waals surface area contributed by atoms with Gasteiger partial charge in [0.1, 0.15) is 13.2 Å². The third-order valence-corrected chi connectivity index (χ3v) is 5.86. The zero-order valence-electron chi connectivity index (χ0n) is 18.5. The van der Waals surface area contributed by atoms with Crippen LogP contribution in [0.5, 0.6) is 11.5 Å². The number of piperazine rings is 1. The minimum atomic E-state index is -0.581. The fourth-order valence-corrected chi connectivity index (χ4v) is 3.92. The molecule has 1 saturated heterocycles. The molecule has 1 atom stereocenters. The Kier molecular flexibility index (Phi) is 7.07. The molecule has 9 nitrogen and oxygen atoms in total. The van der Waals surface area contributed by atoms with Crippen molar-refractivity contribution in [1.82, 2.24) is 15.1 Å². The maximum atomic E-state index is 12.6. The molecule has 2 aliphatic heterocycles. The van der Waals surface area contributed by atoms with Crippen LogP contribution in [0.3, 0.4) is 0 Å². The second kappa shape index (κ2) is 10.3. The molecule has 2 heterocycles. The predicted octanol–water partition coefficient (Wildman–Crippen LogP) is 2.18. The maximum absolute atomic E-state index is 12.6. The fourth-order valence-electron chi connectivity index (χ4n) is 3.92. The van der Waals surface area contributed by atoms with Gasteiger partial charge in [0.2, 0.25) is 5.91 Å². The van der Waals surface area contributed by atoms with Gasteiger partial charge in [0.15, 0.2) is 11.5 Å². The van der Waals surface area contributed by atoms with Gasteiger partial charge in [-0.3, -0.25) is 19.9 Å². The van der Waals surface area contributed by atoms with Crippen molar-refractivity contribution in [3.05, 3.63) is 53.6 Å². The van der Waals surface area contributed by atoms with E-state index in [2.05, 4.69) is 26.5 Å². The Morgan fingerprint density at radius 3 is 2.42 bits per heavy atom. The summed E-state index contributed by atoms with van der Waals surface area (Å²) in [5.74, 6) is 0.860. The Morgan fingerprint density at radius 2 is 1.73 bits per heavy atom. The third-order valence-electron chi connectivity index (χ3n) is 5.86. The van der Waals surface area contributed by atoms with Gasteiger partial charge in [-0.15, -0.1) is 0 Å². The van der Waals surface area contributed by atoms with Gasteiger partial charge in [0.25, 0.3) is 0 Å². The van der Waals surface area contributed by atoms with Crippen LogP contribution in [-0.4, -0.2) is 67.2 Å². The normalized spacial score (nSPS) is 17.0. The summed E-state index contributed by atoms with van der Waals surface area (Å²) in [4.78, 5) is 29.3. The predicted molar refractivity (Wildman–Crippen MR) is 122 cm³/mol. The number of rotatable bonds is 5. The summed E-state index contributed by atoms with van der Waals surface area (Å²) in [6.07, 6.45) is 0. The largest absolute Gasteiger partial charge is 0.486 e. The molecule has 1 fully saturated rings. The van der Waals surface area contributed by atoms with Crippen molar-refractivity contribution in [2.24, 2.45) is 0 Å². The van der Waals surface area contributed by atoms with Crippen molar-refractivity contribution >= 4 is 17.6 Å². The van der Waals surface area contributed by atoms with Crippen LogP contribution < -0.4 is 20.1 Å². The molecule has 33 heavy (non-hydrogen) atoms. The molecule has 2 aliphatic rings. The Balaban J connectivity index is 1.23. The molecule has 0 aromatic heterocycles. The van der Waals surface area contributed by atoms with Crippen molar-refractivity contribution in [1.29, 1.82) is 5.26 Å². The molecule has 3 amide bonds. The van der Waals surface area contributed by atoms with Gasteiger partial charge in [-0.05, 0) is 36.8 Å². The van der Waals surface area contributed by atoms with Crippen LogP contribution in [0.2, 0.25) is 0 Å². The number of benzene rings is 2. The number of ether oxygens (including phenoxy) is 2. The van der Waals surface area contributed by atoms with Crippen LogP contribution in [-0.2, 0) is 11.3 Å². The Labute approximate surface area is 192 Å². The number of nitrogens with one attached hydrogen (secondary N) is 2. The van der Waals surface area contributed by atoms with Crippen molar-refractivity contribution in [3.63, 3.8) is 0 Å². The van der Waals surface area contributed by atoms with Crippen LogP contribution >= 0.6 is 0 Å². The summed E-state index contributed by atoms with van der Waals surface area (Å²) in [6, 6.07) is 13.8. The van der Waals surface area contributed by atoms with E-state index in [-0.39, 0.29) is 5.91 Å². The molecule has 2 aromatic rings. The lowest BCUT2D eigenvalue weighted by Gasteiger charge is -2.37. The monoisotopic (exact) mass is 449 g/mol.